The molecule has 88 valence electrons. The highest BCUT2D eigenvalue weighted by molar-refractivity contribution is 5.51. The minimum Gasteiger partial charge on any atom is -0.496 e. The van der Waals surface area contributed by atoms with Crippen molar-refractivity contribution >= 4 is 6.29 Å². The molecule has 0 fully saturated rings. The minimum absolute atomic E-state index is 0.247. The van der Waals surface area contributed by atoms with Gasteiger partial charge < -0.3 is 9.53 Å². The van der Waals surface area contributed by atoms with Crippen molar-refractivity contribution in [3.05, 3.63) is 29.1 Å². The van der Waals surface area contributed by atoms with Crippen LogP contribution in [0.25, 0.3) is 0 Å². The van der Waals surface area contributed by atoms with Crippen LogP contribution in [0, 0.1) is 5.82 Å². The van der Waals surface area contributed by atoms with E-state index in [0.717, 1.165) is 17.4 Å². The van der Waals surface area contributed by atoms with Gasteiger partial charge in [0.1, 0.15) is 17.9 Å². The molecule has 0 radical (unpaired) electrons. The molecule has 0 saturated heterocycles. The van der Waals surface area contributed by atoms with E-state index in [2.05, 4.69) is 0 Å². The molecule has 1 aromatic rings. The molecule has 0 unspecified atom stereocenters. The average molecular weight is 224 g/mol. The summed E-state index contributed by atoms with van der Waals surface area (Å²) in [6, 6.07) is 2.88. The zero-order valence-electron chi connectivity index (χ0n) is 9.92. The van der Waals surface area contributed by atoms with Gasteiger partial charge in [0.25, 0.3) is 0 Å². The Morgan fingerprint density at radius 1 is 1.44 bits per heavy atom. The second-order valence-corrected chi connectivity index (χ2v) is 4.04. The van der Waals surface area contributed by atoms with Crippen LogP contribution in [0.15, 0.2) is 12.1 Å². The van der Waals surface area contributed by atoms with Crippen LogP contribution in [-0.4, -0.2) is 13.4 Å². The summed E-state index contributed by atoms with van der Waals surface area (Å²) in [6.07, 6.45) is 1.82. The third-order valence-corrected chi connectivity index (χ3v) is 2.52. The highest BCUT2D eigenvalue weighted by Crippen LogP contribution is 2.31. The molecule has 0 aromatic heterocycles. The van der Waals surface area contributed by atoms with E-state index >= 15 is 0 Å². The molecule has 1 aromatic carbocycles. The van der Waals surface area contributed by atoms with E-state index in [1.165, 1.54) is 19.2 Å². The number of carbonyl (C=O) groups excluding carboxylic acids is 1. The lowest BCUT2D eigenvalue weighted by molar-refractivity contribution is -0.107. The predicted octanol–water partition coefficient (Wildman–Crippen LogP) is 3.09. The van der Waals surface area contributed by atoms with Crippen LogP contribution in [0.5, 0.6) is 5.75 Å². The molecule has 0 amide bonds. The fraction of sp³-hybridized carbons (Fsp3) is 0.462. The number of ether oxygens (including phenoxy) is 1. The summed E-state index contributed by atoms with van der Waals surface area (Å²) < 4.78 is 18.5. The number of halogens is 1. The fourth-order valence-electron chi connectivity index (χ4n) is 1.89. The van der Waals surface area contributed by atoms with Gasteiger partial charge in [0.15, 0.2) is 0 Å². The Kier molecular flexibility index (Phi) is 4.47. The van der Waals surface area contributed by atoms with E-state index in [1.807, 2.05) is 13.8 Å². The third-order valence-electron chi connectivity index (χ3n) is 2.52. The first kappa shape index (κ1) is 12.7. The van der Waals surface area contributed by atoms with E-state index in [1.54, 1.807) is 0 Å². The van der Waals surface area contributed by atoms with Gasteiger partial charge in [0.05, 0.1) is 7.11 Å². The Labute approximate surface area is 95.4 Å². The molecule has 0 bridgehead atoms. The Morgan fingerprint density at radius 2 is 2.12 bits per heavy atom. The van der Waals surface area contributed by atoms with Crippen LogP contribution in [-0.2, 0) is 11.2 Å². The maximum atomic E-state index is 13.3. The Hall–Kier alpha value is -1.38. The van der Waals surface area contributed by atoms with Crippen LogP contribution < -0.4 is 4.74 Å². The molecule has 0 heterocycles. The number of hydrogen-bond acceptors (Lipinski definition) is 2. The van der Waals surface area contributed by atoms with Crippen molar-refractivity contribution < 1.29 is 13.9 Å². The molecule has 1 rings (SSSR count). The number of benzene rings is 1. The van der Waals surface area contributed by atoms with Crippen LogP contribution >= 0.6 is 0 Å². The monoisotopic (exact) mass is 224 g/mol. The van der Waals surface area contributed by atoms with Gasteiger partial charge in [-0.3, -0.25) is 0 Å². The largest absolute Gasteiger partial charge is 0.496 e. The number of methoxy groups -OCH3 is 1. The molecular formula is C13H17FO2. The Morgan fingerprint density at radius 3 is 2.62 bits per heavy atom. The summed E-state index contributed by atoms with van der Waals surface area (Å²) >= 11 is 0. The quantitative estimate of drug-likeness (QED) is 0.718. The summed E-state index contributed by atoms with van der Waals surface area (Å²) in [6.45, 7) is 4.06. The van der Waals surface area contributed by atoms with Crippen molar-refractivity contribution in [1.29, 1.82) is 0 Å². The van der Waals surface area contributed by atoms with Gasteiger partial charge in [0.2, 0.25) is 0 Å². The zero-order chi connectivity index (χ0) is 12.1. The van der Waals surface area contributed by atoms with Gasteiger partial charge >= 0.3 is 0 Å². The van der Waals surface area contributed by atoms with Crippen molar-refractivity contribution in [3.8, 4) is 5.75 Å². The summed E-state index contributed by atoms with van der Waals surface area (Å²) in [7, 11) is 1.53. The van der Waals surface area contributed by atoms with E-state index in [0.29, 0.717) is 18.6 Å². The van der Waals surface area contributed by atoms with Gasteiger partial charge in [-0.1, -0.05) is 13.8 Å². The number of rotatable bonds is 5. The molecular weight excluding hydrogens is 207 g/mol. The molecule has 0 saturated carbocycles. The van der Waals surface area contributed by atoms with Gasteiger partial charge in [-0.2, -0.15) is 0 Å². The molecule has 0 aliphatic carbocycles. The second-order valence-electron chi connectivity index (χ2n) is 4.04. The highest BCUT2D eigenvalue weighted by atomic mass is 19.1. The SMILES string of the molecule is COc1cc(F)cc(CCC=O)c1C(C)C. The summed E-state index contributed by atoms with van der Waals surface area (Å²) in [5.41, 5.74) is 1.85. The molecule has 0 atom stereocenters. The summed E-state index contributed by atoms with van der Waals surface area (Å²) in [4.78, 5) is 10.4. The van der Waals surface area contributed by atoms with Gasteiger partial charge in [-0.25, -0.2) is 4.39 Å². The number of hydrogen-bond donors (Lipinski definition) is 0. The predicted molar refractivity (Wildman–Crippen MR) is 61.4 cm³/mol. The van der Waals surface area contributed by atoms with Crippen molar-refractivity contribution in [2.45, 2.75) is 32.6 Å². The van der Waals surface area contributed by atoms with E-state index < -0.39 is 0 Å². The lowest BCUT2D eigenvalue weighted by Gasteiger charge is -2.16. The van der Waals surface area contributed by atoms with Gasteiger partial charge in [-0.15, -0.1) is 0 Å². The molecule has 16 heavy (non-hydrogen) atoms. The van der Waals surface area contributed by atoms with Crippen LogP contribution in [0.3, 0.4) is 0 Å². The van der Waals surface area contributed by atoms with Gasteiger partial charge in [0, 0.05) is 18.1 Å². The van der Waals surface area contributed by atoms with E-state index in [9.17, 15) is 9.18 Å². The lowest BCUT2D eigenvalue weighted by Crippen LogP contribution is -2.02. The second kappa shape index (κ2) is 5.64. The number of aryl methyl sites for hydroxylation is 1. The van der Waals surface area contributed by atoms with Crippen molar-refractivity contribution in [3.63, 3.8) is 0 Å². The van der Waals surface area contributed by atoms with E-state index in [-0.39, 0.29) is 11.7 Å². The number of carbonyl (C=O) groups is 1. The summed E-state index contributed by atoms with van der Waals surface area (Å²) in [5.74, 6) is 0.496. The van der Waals surface area contributed by atoms with Crippen molar-refractivity contribution in [2.24, 2.45) is 0 Å². The van der Waals surface area contributed by atoms with Crippen molar-refractivity contribution in [2.75, 3.05) is 7.11 Å². The normalized spacial score (nSPS) is 10.6. The standard InChI is InChI=1S/C13H17FO2/c1-9(2)13-10(5-4-6-15)7-11(14)8-12(13)16-3/h6-9H,4-5H2,1-3H3. The maximum Gasteiger partial charge on any atom is 0.127 e. The molecule has 0 N–H and O–H groups in total. The fourth-order valence-corrected chi connectivity index (χ4v) is 1.89. The smallest absolute Gasteiger partial charge is 0.127 e. The Balaban J connectivity index is 3.20. The molecule has 3 heteroatoms. The maximum absolute atomic E-state index is 13.3. The molecule has 0 aliphatic rings. The molecule has 2 nitrogen and oxygen atoms in total. The topological polar surface area (TPSA) is 26.3 Å². The van der Waals surface area contributed by atoms with Crippen LogP contribution in [0.4, 0.5) is 4.39 Å². The first-order valence-corrected chi connectivity index (χ1v) is 5.40. The van der Waals surface area contributed by atoms with Crippen molar-refractivity contribution in [1.82, 2.24) is 0 Å². The Bertz CT molecular complexity index is 372. The highest BCUT2D eigenvalue weighted by Gasteiger charge is 2.14. The van der Waals surface area contributed by atoms with E-state index in [4.69, 9.17) is 4.74 Å². The van der Waals surface area contributed by atoms with Crippen LogP contribution in [0.2, 0.25) is 0 Å². The average Bonchev–Trinajstić information content (AvgIpc) is 2.24. The lowest BCUT2D eigenvalue weighted by atomic mass is 9.93. The molecule has 0 spiro atoms. The van der Waals surface area contributed by atoms with Gasteiger partial charge in [-0.05, 0) is 24.0 Å². The first-order chi connectivity index (χ1) is 7.60. The zero-order valence-corrected chi connectivity index (χ0v) is 9.92. The van der Waals surface area contributed by atoms with Crippen LogP contribution in [0.1, 0.15) is 37.3 Å². The first-order valence-electron chi connectivity index (χ1n) is 5.40. The minimum atomic E-state index is -0.317. The summed E-state index contributed by atoms with van der Waals surface area (Å²) in [5, 5.41) is 0. The third kappa shape index (κ3) is 2.81. The molecule has 0 aliphatic heterocycles. The number of aldehydes is 1.